The smallest absolute Gasteiger partial charge is 0.233 e. The Bertz CT molecular complexity index is 528. The highest BCUT2D eigenvalue weighted by Crippen LogP contribution is 2.40. The van der Waals surface area contributed by atoms with E-state index in [0.717, 1.165) is 24.1 Å². The third kappa shape index (κ3) is 3.24. The van der Waals surface area contributed by atoms with E-state index in [1.165, 1.54) is 17.7 Å². The van der Waals surface area contributed by atoms with Crippen LogP contribution >= 0.6 is 0 Å². The zero-order valence-corrected chi connectivity index (χ0v) is 12.7. The van der Waals surface area contributed by atoms with Gasteiger partial charge in [0.2, 0.25) is 5.88 Å². The highest BCUT2D eigenvalue weighted by molar-refractivity contribution is 5.66. The lowest BCUT2D eigenvalue weighted by atomic mass is 10.0. The summed E-state index contributed by atoms with van der Waals surface area (Å²) in [6.07, 6.45) is 3.77. The number of hydrogen-bond acceptors (Lipinski definition) is 5. The fraction of sp³-hybridized carbons (Fsp3) is 0.500. The average molecular weight is 292 g/mol. The Morgan fingerprint density at radius 2 is 2.00 bits per heavy atom. The fourth-order valence-electron chi connectivity index (χ4n) is 2.52. The summed E-state index contributed by atoms with van der Waals surface area (Å²) in [7, 11) is 1.68. The molecule has 1 aromatic carbocycles. The third-order valence-corrected chi connectivity index (χ3v) is 3.78. The molecule has 0 bridgehead atoms. The minimum atomic E-state index is -0.626. The Labute approximate surface area is 125 Å². The third-order valence-electron chi connectivity index (χ3n) is 3.78. The van der Waals surface area contributed by atoms with Gasteiger partial charge in [-0.1, -0.05) is 32.3 Å². The monoisotopic (exact) mass is 292 g/mol. The number of anilines is 2. The summed E-state index contributed by atoms with van der Waals surface area (Å²) < 4.78 is 5.79. The van der Waals surface area contributed by atoms with Crippen LogP contribution in [-0.4, -0.2) is 23.9 Å². The van der Waals surface area contributed by atoms with Crippen LogP contribution in [0, 0.1) is 0 Å². The molecular weight excluding hydrogens is 268 g/mol. The van der Waals surface area contributed by atoms with E-state index in [1.807, 2.05) is 6.07 Å². The first-order valence-corrected chi connectivity index (χ1v) is 7.43. The maximum absolute atomic E-state index is 10.2. The lowest BCUT2D eigenvalue weighted by Crippen LogP contribution is -2.28. The molecule has 0 saturated carbocycles. The van der Waals surface area contributed by atoms with Gasteiger partial charge >= 0.3 is 0 Å². The van der Waals surface area contributed by atoms with Gasteiger partial charge in [-0.2, -0.15) is 0 Å². The molecule has 0 aliphatic carbocycles. The van der Waals surface area contributed by atoms with Gasteiger partial charge in [0, 0.05) is 24.9 Å². The number of rotatable bonds is 6. The maximum Gasteiger partial charge on any atom is 0.233 e. The Morgan fingerprint density at radius 3 is 2.71 bits per heavy atom. The first kappa shape index (κ1) is 15.5. The Morgan fingerprint density at radius 1 is 1.24 bits per heavy atom. The van der Waals surface area contributed by atoms with Gasteiger partial charge in [-0.05, 0) is 18.6 Å². The summed E-state index contributed by atoms with van der Waals surface area (Å²) in [4.78, 5) is 1.51. The summed E-state index contributed by atoms with van der Waals surface area (Å²) in [5, 5.41) is 20.2. The molecule has 2 rings (SSSR count). The van der Waals surface area contributed by atoms with E-state index in [2.05, 4.69) is 6.92 Å². The number of unbranched alkanes of at least 4 members (excludes halogenated alkanes) is 3. The van der Waals surface area contributed by atoms with Crippen LogP contribution in [0.25, 0.3) is 0 Å². The van der Waals surface area contributed by atoms with Crippen LogP contribution in [0.15, 0.2) is 29.8 Å². The SMILES string of the molecule is CCCCCCOC1C(O)=C(O)N(C)c2cc(N)ccc21. The Kier molecular flexibility index (Phi) is 4.96. The number of ether oxygens (including phenoxy) is 1. The molecule has 0 fully saturated rings. The molecule has 1 heterocycles. The molecule has 0 aromatic heterocycles. The van der Waals surface area contributed by atoms with Crippen molar-refractivity contribution in [1.29, 1.82) is 0 Å². The van der Waals surface area contributed by atoms with Crippen LogP contribution in [0.1, 0.15) is 44.3 Å². The molecule has 0 radical (unpaired) electrons. The van der Waals surface area contributed by atoms with Crippen LogP contribution in [0.2, 0.25) is 0 Å². The van der Waals surface area contributed by atoms with Crippen molar-refractivity contribution in [3.63, 3.8) is 0 Å². The highest BCUT2D eigenvalue weighted by Gasteiger charge is 2.32. The maximum atomic E-state index is 10.2. The van der Waals surface area contributed by atoms with Crippen molar-refractivity contribution in [2.24, 2.45) is 0 Å². The number of benzene rings is 1. The first-order chi connectivity index (χ1) is 10.1. The highest BCUT2D eigenvalue weighted by atomic mass is 16.5. The number of nitrogens with two attached hydrogens (primary N) is 1. The summed E-state index contributed by atoms with van der Waals surface area (Å²) in [6, 6.07) is 5.38. The van der Waals surface area contributed by atoms with Crippen LogP contribution in [0.5, 0.6) is 0 Å². The molecule has 0 spiro atoms. The van der Waals surface area contributed by atoms with E-state index in [1.54, 1.807) is 19.2 Å². The first-order valence-electron chi connectivity index (χ1n) is 7.43. The standard InChI is InChI=1S/C16H24N2O3/c1-3-4-5-6-9-21-15-12-8-7-11(17)10-13(12)18(2)16(20)14(15)19/h7-8,10,15,19-20H,3-6,9,17H2,1-2H3. The molecule has 5 nitrogen and oxygen atoms in total. The topological polar surface area (TPSA) is 79.0 Å². The van der Waals surface area contributed by atoms with E-state index >= 15 is 0 Å². The normalized spacial score (nSPS) is 18.0. The second-order valence-corrected chi connectivity index (χ2v) is 5.40. The van der Waals surface area contributed by atoms with Gasteiger partial charge in [0.25, 0.3) is 0 Å². The number of hydrogen-bond donors (Lipinski definition) is 3. The summed E-state index contributed by atoms with van der Waals surface area (Å²) in [5.41, 5.74) is 7.98. The number of fused-ring (bicyclic) bond motifs is 1. The van der Waals surface area contributed by atoms with Crippen LogP contribution < -0.4 is 10.6 Å². The number of aliphatic hydroxyl groups excluding tert-OH is 2. The molecule has 1 aliphatic heterocycles. The van der Waals surface area contributed by atoms with Gasteiger partial charge < -0.3 is 25.6 Å². The van der Waals surface area contributed by atoms with Gasteiger partial charge in [0.15, 0.2) is 5.76 Å². The van der Waals surface area contributed by atoms with Crippen molar-refractivity contribution in [3.05, 3.63) is 35.4 Å². The van der Waals surface area contributed by atoms with Crippen molar-refractivity contribution in [2.45, 2.75) is 38.7 Å². The summed E-state index contributed by atoms with van der Waals surface area (Å²) in [5.74, 6) is -0.336. The predicted octanol–water partition coefficient (Wildman–Crippen LogP) is 3.64. The number of nitrogens with zero attached hydrogens (tertiary/aromatic N) is 1. The Hall–Kier alpha value is -1.88. The van der Waals surface area contributed by atoms with Gasteiger partial charge in [0.1, 0.15) is 6.10 Å². The van der Waals surface area contributed by atoms with Crippen LogP contribution in [-0.2, 0) is 4.74 Å². The molecular formula is C16H24N2O3. The largest absolute Gasteiger partial charge is 0.505 e. The second-order valence-electron chi connectivity index (χ2n) is 5.40. The molecule has 0 saturated heterocycles. The van der Waals surface area contributed by atoms with Crippen molar-refractivity contribution in [1.82, 2.24) is 0 Å². The van der Waals surface area contributed by atoms with E-state index in [4.69, 9.17) is 10.5 Å². The van der Waals surface area contributed by atoms with Gasteiger partial charge in [-0.15, -0.1) is 0 Å². The molecule has 5 heteroatoms. The second kappa shape index (κ2) is 6.72. The predicted molar refractivity (Wildman–Crippen MR) is 84.4 cm³/mol. The molecule has 0 amide bonds. The van der Waals surface area contributed by atoms with Crippen LogP contribution in [0.4, 0.5) is 11.4 Å². The molecule has 1 atom stereocenters. The van der Waals surface area contributed by atoms with Crippen molar-refractivity contribution >= 4 is 11.4 Å². The van der Waals surface area contributed by atoms with E-state index in [-0.39, 0.29) is 11.6 Å². The van der Waals surface area contributed by atoms with Crippen molar-refractivity contribution < 1.29 is 14.9 Å². The molecule has 21 heavy (non-hydrogen) atoms. The molecule has 116 valence electrons. The molecule has 1 aromatic rings. The lowest BCUT2D eigenvalue weighted by Gasteiger charge is -2.32. The quantitative estimate of drug-likeness (QED) is 0.551. The zero-order valence-electron chi connectivity index (χ0n) is 12.7. The van der Waals surface area contributed by atoms with Crippen LogP contribution in [0.3, 0.4) is 0 Å². The fourth-order valence-corrected chi connectivity index (χ4v) is 2.52. The van der Waals surface area contributed by atoms with Gasteiger partial charge in [-0.25, -0.2) is 0 Å². The molecule has 4 N–H and O–H groups in total. The van der Waals surface area contributed by atoms with E-state index < -0.39 is 6.10 Å². The summed E-state index contributed by atoms with van der Waals surface area (Å²) in [6.45, 7) is 2.71. The Balaban J connectivity index is 2.15. The zero-order chi connectivity index (χ0) is 15.4. The number of aliphatic hydroxyl groups is 2. The molecule has 1 unspecified atom stereocenters. The summed E-state index contributed by atoms with van der Waals surface area (Å²) >= 11 is 0. The van der Waals surface area contributed by atoms with Crippen molar-refractivity contribution in [3.8, 4) is 0 Å². The number of nitrogen functional groups attached to an aromatic ring is 1. The molecule has 1 aliphatic rings. The van der Waals surface area contributed by atoms with E-state index in [0.29, 0.717) is 12.3 Å². The lowest BCUT2D eigenvalue weighted by molar-refractivity contribution is 0.0377. The minimum absolute atomic E-state index is 0.148. The van der Waals surface area contributed by atoms with E-state index in [9.17, 15) is 10.2 Å². The van der Waals surface area contributed by atoms with Gasteiger partial charge in [-0.3, -0.25) is 0 Å². The van der Waals surface area contributed by atoms with Crippen molar-refractivity contribution in [2.75, 3.05) is 24.3 Å². The van der Waals surface area contributed by atoms with Gasteiger partial charge in [0.05, 0.1) is 5.69 Å². The average Bonchev–Trinajstić information content (AvgIpc) is 2.48. The minimum Gasteiger partial charge on any atom is -0.505 e.